The van der Waals surface area contributed by atoms with E-state index in [1.165, 1.54) is 49.7 Å². The number of aromatic nitrogens is 2. The number of hydrogen-bond donors (Lipinski definition) is 1. The van der Waals surface area contributed by atoms with Gasteiger partial charge in [-0.05, 0) is 106 Å². The summed E-state index contributed by atoms with van der Waals surface area (Å²) in [5.74, 6) is -6.47. The summed E-state index contributed by atoms with van der Waals surface area (Å²) in [4.78, 5) is 8.02. The lowest BCUT2D eigenvalue weighted by molar-refractivity contribution is 0.305. The van der Waals surface area contributed by atoms with Gasteiger partial charge in [0.2, 0.25) is 11.6 Å². The molecule has 286 valence electrons. The first kappa shape index (κ1) is 43.7. The molecule has 0 aliphatic rings. The highest BCUT2D eigenvalue weighted by Crippen LogP contribution is 2.29. The lowest BCUT2D eigenvalue weighted by Crippen LogP contribution is -1.98. The summed E-state index contributed by atoms with van der Waals surface area (Å²) in [7, 11) is 0. The third-order valence-corrected chi connectivity index (χ3v) is 8.78. The molecule has 10 heteroatoms. The van der Waals surface area contributed by atoms with Crippen LogP contribution in [0.4, 0.5) is 17.6 Å². The minimum Gasteiger partial charge on any atom is -0.503 e. The zero-order valence-electron chi connectivity index (χ0n) is 30.7. The Labute approximate surface area is 330 Å². The second kappa shape index (κ2) is 25.3. The second-order valence-electron chi connectivity index (χ2n) is 12.1. The first-order valence-corrected chi connectivity index (χ1v) is 19.1. The molecule has 0 fully saturated rings. The Hall–Kier alpha value is -4.71. The van der Waals surface area contributed by atoms with Crippen molar-refractivity contribution in [2.75, 3.05) is 13.2 Å². The number of pyridine rings is 2. The third kappa shape index (κ3) is 16.1. The van der Waals surface area contributed by atoms with Gasteiger partial charge < -0.3 is 14.6 Å². The van der Waals surface area contributed by atoms with Gasteiger partial charge in [-0.1, -0.05) is 101 Å². The molecule has 0 radical (unpaired) electrons. The average Bonchev–Trinajstić information content (AvgIpc) is 3.22. The quantitative estimate of drug-likeness (QED) is 0.0352. The predicted molar refractivity (Wildman–Crippen MR) is 219 cm³/mol. The number of aromatic hydroxyl groups is 1. The van der Waals surface area contributed by atoms with Crippen molar-refractivity contribution in [1.29, 1.82) is 0 Å². The minimum atomic E-state index is -1.78. The van der Waals surface area contributed by atoms with Crippen LogP contribution in [0.15, 0.2) is 97.6 Å². The average molecular weight is 855 g/mol. The third-order valence-electron chi connectivity index (χ3n) is 7.83. The van der Waals surface area contributed by atoms with Gasteiger partial charge in [0.1, 0.15) is 11.5 Å². The molecule has 0 atom stereocenters. The normalized spacial score (nSPS) is 10.8. The molecule has 0 aliphatic heterocycles. The van der Waals surface area contributed by atoms with Crippen molar-refractivity contribution in [2.45, 2.75) is 65.2 Å². The molecule has 2 heterocycles. The fraction of sp³-hybridized carbons (Fsp3) is 0.273. The summed E-state index contributed by atoms with van der Waals surface area (Å²) < 4.78 is 60.4. The predicted octanol–water partition coefficient (Wildman–Crippen LogP) is 13.0. The van der Waals surface area contributed by atoms with Gasteiger partial charge in [-0.3, -0.25) is 9.97 Å². The van der Waals surface area contributed by atoms with Crippen LogP contribution >= 0.6 is 22.6 Å². The maximum absolute atomic E-state index is 12.5. The van der Waals surface area contributed by atoms with E-state index in [9.17, 15) is 17.6 Å². The highest BCUT2D eigenvalue weighted by atomic mass is 127. The van der Waals surface area contributed by atoms with E-state index in [0.717, 1.165) is 71.3 Å². The zero-order valence-corrected chi connectivity index (χ0v) is 32.8. The van der Waals surface area contributed by atoms with Crippen LogP contribution in [0.1, 0.15) is 87.5 Å². The number of hydrogen-bond acceptors (Lipinski definition) is 5. The smallest absolute Gasteiger partial charge is 0.204 e. The Balaban J connectivity index is 0.000000227. The van der Waals surface area contributed by atoms with Gasteiger partial charge in [-0.2, -0.15) is 8.78 Å². The number of ether oxygens (including phenoxy) is 2. The van der Waals surface area contributed by atoms with Crippen molar-refractivity contribution in [3.05, 3.63) is 147 Å². The van der Waals surface area contributed by atoms with Crippen LogP contribution in [0, 0.1) is 26.8 Å². The number of phenolic OH excluding ortho intramolecular Hbond substituents is 1. The SMILES string of the molecule is CCCCCCOc1ccc(/C=C/c2ccncc2)cc1.CCCCCCOc1ccc(/C=C/c2ccncc2)cc1.Oc1c(F)c(F)c(I)c(F)c1F. The number of halogens is 5. The van der Waals surface area contributed by atoms with Gasteiger partial charge in [0.25, 0.3) is 0 Å². The number of nitrogens with zero attached hydrogens (tertiary/aromatic N) is 2. The van der Waals surface area contributed by atoms with Gasteiger partial charge >= 0.3 is 0 Å². The molecule has 0 saturated carbocycles. The number of unbranched alkanes of at least 4 members (excludes halogenated alkanes) is 6. The first-order chi connectivity index (χ1) is 26.2. The molecule has 2 aromatic heterocycles. The Morgan fingerprint density at radius 3 is 1.17 bits per heavy atom. The summed E-state index contributed by atoms with van der Waals surface area (Å²) >= 11 is 1.10. The van der Waals surface area contributed by atoms with Gasteiger partial charge in [-0.15, -0.1) is 0 Å². The minimum absolute atomic E-state index is 0.812. The molecule has 5 rings (SSSR count). The molecule has 0 saturated heterocycles. The molecular formula is C44H47F4IN2O3. The summed E-state index contributed by atoms with van der Waals surface area (Å²) in [5, 5.41) is 8.46. The van der Waals surface area contributed by atoms with Gasteiger partial charge in [0.05, 0.1) is 16.8 Å². The monoisotopic (exact) mass is 854 g/mol. The largest absolute Gasteiger partial charge is 0.503 e. The lowest BCUT2D eigenvalue weighted by atomic mass is 10.1. The van der Waals surface area contributed by atoms with E-state index in [1.807, 2.05) is 48.5 Å². The Kier molecular flexibility index (Phi) is 20.5. The number of rotatable bonds is 16. The van der Waals surface area contributed by atoms with E-state index >= 15 is 0 Å². The van der Waals surface area contributed by atoms with Crippen LogP contribution in [0.2, 0.25) is 0 Å². The summed E-state index contributed by atoms with van der Waals surface area (Å²) in [6.07, 6.45) is 25.5. The van der Waals surface area contributed by atoms with Crippen LogP contribution in [-0.2, 0) is 0 Å². The van der Waals surface area contributed by atoms with Gasteiger partial charge in [0, 0.05) is 24.8 Å². The molecule has 3 aromatic carbocycles. The Morgan fingerprint density at radius 1 is 0.500 bits per heavy atom. The molecule has 5 nitrogen and oxygen atoms in total. The highest BCUT2D eigenvalue weighted by Gasteiger charge is 2.23. The van der Waals surface area contributed by atoms with Gasteiger partial charge in [-0.25, -0.2) is 8.78 Å². The summed E-state index contributed by atoms with van der Waals surface area (Å²) in [5.41, 5.74) is 4.65. The Morgan fingerprint density at radius 2 is 0.833 bits per heavy atom. The van der Waals surface area contributed by atoms with E-state index < -0.39 is 32.6 Å². The van der Waals surface area contributed by atoms with E-state index in [-0.39, 0.29) is 0 Å². The molecule has 0 amide bonds. The number of phenols is 1. The van der Waals surface area contributed by atoms with Gasteiger partial charge in [0.15, 0.2) is 17.4 Å². The van der Waals surface area contributed by atoms with Crippen LogP contribution in [0.25, 0.3) is 24.3 Å². The molecule has 0 aliphatic carbocycles. The van der Waals surface area contributed by atoms with Crippen LogP contribution in [0.3, 0.4) is 0 Å². The van der Waals surface area contributed by atoms with Crippen LogP contribution < -0.4 is 9.47 Å². The lowest BCUT2D eigenvalue weighted by Gasteiger charge is -2.06. The van der Waals surface area contributed by atoms with Crippen molar-refractivity contribution < 1.29 is 32.1 Å². The molecule has 5 aromatic rings. The van der Waals surface area contributed by atoms with Crippen molar-refractivity contribution in [2.24, 2.45) is 0 Å². The molecule has 54 heavy (non-hydrogen) atoms. The molecular weight excluding hydrogens is 807 g/mol. The molecule has 0 spiro atoms. The summed E-state index contributed by atoms with van der Waals surface area (Å²) in [6.45, 7) is 6.07. The zero-order chi connectivity index (χ0) is 39.0. The van der Waals surface area contributed by atoms with Crippen LogP contribution in [0.5, 0.6) is 17.2 Å². The van der Waals surface area contributed by atoms with Crippen molar-refractivity contribution in [3.63, 3.8) is 0 Å². The fourth-order valence-corrected chi connectivity index (χ4v) is 5.19. The maximum Gasteiger partial charge on any atom is 0.204 e. The van der Waals surface area contributed by atoms with Crippen molar-refractivity contribution >= 4 is 46.9 Å². The topological polar surface area (TPSA) is 64.5 Å². The molecule has 0 bridgehead atoms. The number of benzene rings is 3. The molecule has 0 unspecified atom stereocenters. The second-order valence-corrected chi connectivity index (χ2v) is 13.2. The fourth-order valence-electron chi connectivity index (χ4n) is 4.72. The Bertz CT molecular complexity index is 1630. The van der Waals surface area contributed by atoms with Crippen molar-refractivity contribution in [3.8, 4) is 17.2 Å². The summed E-state index contributed by atoms with van der Waals surface area (Å²) in [6, 6.07) is 24.4. The van der Waals surface area contributed by atoms with E-state index in [0.29, 0.717) is 0 Å². The maximum atomic E-state index is 12.5. The van der Waals surface area contributed by atoms with E-state index in [1.54, 1.807) is 24.8 Å². The van der Waals surface area contributed by atoms with Crippen LogP contribution in [-0.4, -0.2) is 28.3 Å². The van der Waals surface area contributed by atoms with E-state index in [4.69, 9.17) is 14.6 Å². The standard InChI is InChI=1S/2C19H23NO.C6HF4IO/c2*1-2-3-4-5-16-21-19-10-8-17(9-11-19)6-7-18-12-14-20-15-13-18;7-1-3(9)6(12)4(10)2(8)5(1)11/h2*6-15H,2-5,16H2,1H3;12H/b2*7-6+;. The first-order valence-electron chi connectivity index (χ1n) is 18.1. The highest BCUT2D eigenvalue weighted by molar-refractivity contribution is 14.1. The van der Waals surface area contributed by atoms with Crippen molar-refractivity contribution in [1.82, 2.24) is 9.97 Å². The molecule has 1 N–H and O–H groups in total. The van der Waals surface area contributed by atoms with E-state index in [2.05, 4.69) is 72.4 Å².